The first kappa shape index (κ1) is 25.0. The second-order valence-corrected chi connectivity index (χ2v) is 11.1. The zero-order chi connectivity index (χ0) is 24.2. The van der Waals surface area contributed by atoms with E-state index in [0.29, 0.717) is 12.2 Å². The van der Waals surface area contributed by atoms with Gasteiger partial charge in [-0.3, -0.25) is 19.4 Å². The molecule has 1 aliphatic rings. The fourth-order valence-corrected chi connectivity index (χ4v) is 4.53. The molecular weight excluding hydrogens is 438 g/mol. The van der Waals surface area contributed by atoms with Crippen LogP contribution in [0.1, 0.15) is 64.0 Å². The smallest absolute Gasteiger partial charge is 0.311 e. The lowest BCUT2D eigenvalue weighted by molar-refractivity contribution is -0.160. The van der Waals surface area contributed by atoms with E-state index in [2.05, 4.69) is 4.98 Å². The van der Waals surface area contributed by atoms with Gasteiger partial charge in [-0.1, -0.05) is 36.9 Å². The molecule has 2 heterocycles. The predicted molar refractivity (Wildman–Crippen MR) is 128 cm³/mol. The van der Waals surface area contributed by atoms with Gasteiger partial charge in [0.15, 0.2) is 17.0 Å². The lowest BCUT2D eigenvalue weighted by atomic mass is 9.95. The van der Waals surface area contributed by atoms with Crippen LogP contribution in [0.25, 0.3) is 0 Å². The molecule has 2 aromatic rings. The van der Waals surface area contributed by atoms with E-state index in [-0.39, 0.29) is 29.9 Å². The standard InChI is InChI=1S/C26H31NO5S/c1-6-19-10-9-18(15-27-19)21(32-24(30)25(2,3)4)16-31-20-11-7-17(8-12-20)14-26(5)22(28)13-23(29)33-26/h7-12,15,21H,6,13-14,16H2,1-5H3/t21-,26?/m0/s1. The summed E-state index contributed by atoms with van der Waals surface area (Å²) in [7, 11) is 0. The first-order chi connectivity index (χ1) is 15.5. The summed E-state index contributed by atoms with van der Waals surface area (Å²) in [5.74, 6) is 0.289. The van der Waals surface area contributed by atoms with E-state index >= 15 is 0 Å². The highest BCUT2D eigenvalue weighted by Crippen LogP contribution is 2.39. The van der Waals surface area contributed by atoms with Crippen molar-refractivity contribution in [3.8, 4) is 5.75 Å². The highest BCUT2D eigenvalue weighted by molar-refractivity contribution is 8.16. The van der Waals surface area contributed by atoms with Crippen molar-refractivity contribution in [2.75, 3.05) is 6.61 Å². The van der Waals surface area contributed by atoms with Gasteiger partial charge in [-0.25, -0.2) is 0 Å². The summed E-state index contributed by atoms with van der Waals surface area (Å²) in [4.78, 5) is 40.8. The normalized spacial score (nSPS) is 19.4. The molecule has 0 amide bonds. The SMILES string of the molecule is CCc1ccc([C@H](COc2ccc(CC3(C)SC(=O)CC3=O)cc2)OC(=O)C(C)(C)C)cn1. The van der Waals surface area contributed by atoms with Gasteiger partial charge in [0.1, 0.15) is 12.4 Å². The van der Waals surface area contributed by atoms with Crippen molar-refractivity contribution >= 4 is 28.6 Å². The molecule has 0 radical (unpaired) electrons. The second kappa shape index (κ2) is 10.1. The summed E-state index contributed by atoms with van der Waals surface area (Å²) >= 11 is 1.12. The van der Waals surface area contributed by atoms with Crippen molar-refractivity contribution in [3.05, 3.63) is 59.4 Å². The van der Waals surface area contributed by atoms with Crippen LogP contribution >= 0.6 is 11.8 Å². The lowest BCUT2D eigenvalue weighted by Gasteiger charge is -2.24. The molecule has 0 aliphatic carbocycles. The molecule has 7 heteroatoms. The largest absolute Gasteiger partial charge is 0.489 e. The number of carbonyl (C=O) groups excluding carboxylic acids is 3. The van der Waals surface area contributed by atoms with Crippen LogP contribution < -0.4 is 4.74 Å². The van der Waals surface area contributed by atoms with Gasteiger partial charge in [-0.15, -0.1) is 0 Å². The average molecular weight is 470 g/mol. The van der Waals surface area contributed by atoms with Crippen molar-refractivity contribution in [2.45, 2.75) is 64.7 Å². The van der Waals surface area contributed by atoms with Crippen molar-refractivity contribution in [2.24, 2.45) is 5.41 Å². The Balaban J connectivity index is 1.68. The molecule has 0 saturated carbocycles. The monoisotopic (exact) mass is 469 g/mol. The zero-order valence-corrected chi connectivity index (χ0v) is 20.7. The molecule has 1 saturated heterocycles. The van der Waals surface area contributed by atoms with Gasteiger partial charge in [-0.05, 0) is 64.3 Å². The van der Waals surface area contributed by atoms with E-state index in [1.165, 1.54) is 0 Å². The van der Waals surface area contributed by atoms with E-state index in [0.717, 1.165) is 35.0 Å². The Bertz CT molecular complexity index is 1010. The van der Waals surface area contributed by atoms with Crippen LogP contribution in [0.5, 0.6) is 5.75 Å². The lowest BCUT2D eigenvalue weighted by Crippen LogP contribution is -2.29. The molecule has 1 aliphatic heterocycles. The Labute approximate surface area is 199 Å². The highest BCUT2D eigenvalue weighted by Gasteiger charge is 2.43. The van der Waals surface area contributed by atoms with Crippen molar-refractivity contribution < 1.29 is 23.9 Å². The number of hydrogen-bond donors (Lipinski definition) is 0. The van der Waals surface area contributed by atoms with Crippen molar-refractivity contribution in [3.63, 3.8) is 0 Å². The Morgan fingerprint density at radius 1 is 1.15 bits per heavy atom. The van der Waals surface area contributed by atoms with E-state index in [1.807, 2.05) is 71.0 Å². The number of pyridine rings is 1. The minimum atomic E-state index is -0.705. The van der Waals surface area contributed by atoms with Crippen LogP contribution in [0.2, 0.25) is 0 Å². The molecular formula is C26H31NO5S. The van der Waals surface area contributed by atoms with Crippen LogP contribution in [0.4, 0.5) is 0 Å². The summed E-state index contributed by atoms with van der Waals surface area (Å²) in [5, 5.41) is -0.0697. The highest BCUT2D eigenvalue weighted by atomic mass is 32.2. The maximum atomic E-state index is 12.5. The summed E-state index contributed by atoms with van der Waals surface area (Å²) in [6.45, 7) is 9.44. The third kappa shape index (κ3) is 6.44. The number of rotatable bonds is 8. The fraction of sp³-hybridized carbons (Fsp3) is 0.462. The Kier molecular flexibility index (Phi) is 7.62. The number of aryl methyl sites for hydroxylation is 1. The molecule has 1 aromatic carbocycles. The third-order valence-electron chi connectivity index (χ3n) is 5.54. The Morgan fingerprint density at radius 2 is 1.85 bits per heavy atom. The molecule has 176 valence electrons. The maximum Gasteiger partial charge on any atom is 0.311 e. The molecule has 0 spiro atoms. The molecule has 0 bridgehead atoms. The van der Waals surface area contributed by atoms with Gasteiger partial charge in [0.2, 0.25) is 0 Å². The molecule has 6 nitrogen and oxygen atoms in total. The van der Waals surface area contributed by atoms with E-state index in [4.69, 9.17) is 9.47 Å². The second-order valence-electron chi connectivity index (χ2n) is 9.52. The first-order valence-electron chi connectivity index (χ1n) is 11.1. The molecule has 1 aromatic heterocycles. The molecule has 33 heavy (non-hydrogen) atoms. The minimum absolute atomic E-state index is 0.00509. The molecule has 0 N–H and O–H groups in total. The quantitative estimate of drug-likeness (QED) is 0.402. The van der Waals surface area contributed by atoms with Crippen LogP contribution in [0, 0.1) is 5.41 Å². The topological polar surface area (TPSA) is 82.6 Å². The number of esters is 1. The number of aromatic nitrogens is 1. The number of hydrogen-bond acceptors (Lipinski definition) is 7. The van der Waals surface area contributed by atoms with Gasteiger partial charge in [0.25, 0.3) is 0 Å². The Morgan fingerprint density at radius 3 is 2.36 bits per heavy atom. The van der Waals surface area contributed by atoms with E-state index in [9.17, 15) is 14.4 Å². The minimum Gasteiger partial charge on any atom is -0.489 e. The number of thioether (sulfide) groups is 1. The summed E-state index contributed by atoms with van der Waals surface area (Å²) in [6.07, 6.45) is 2.46. The van der Waals surface area contributed by atoms with Gasteiger partial charge in [0, 0.05) is 17.5 Å². The van der Waals surface area contributed by atoms with Crippen LogP contribution in [0.15, 0.2) is 42.6 Å². The average Bonchev–Trinajstić information content (AvgIpc) is 3.02. The zero-order valence-electron chi connectivity index (χ0n) is 19.8. The van der Waals surface area contributed by atoms with E-state index in [1.54, 1.807) is 6.20 Å². The fourth-order valence-electron chi connectivity index (χ4n) is 3.40. The van der Waals surface area contributed by atoms with Crippen LogP contribution in [0.3, 0.4) is 0 Å². The summed E-state index contributed by atoms with van der Waals surface area (Å²) in [6, 6.07) is 11.3. The van der Waals surface area contributed by atoms with Gasteiger partial charge in [0.05, 0.1) is 16.6 Å². The number of ether oxygens (including phenoxy) is 2. The summed E-state index contributed by atoms with van der Waals surface area (Å²) in [5.41, 5.74) is 2.06. The van der Waals surface area contributed by atoms with E-state index < -0.39 is 16.3 Å². The maximum absolute atomic E-state index is 12.5. The Hall–Kier alpha value is -2.67. The van der Waals surface area contributed by atoms with Gasteiger partial charge < -0.3 is 9.47 Å². The molecule has 1 unspecified atom stereocenters. The van der Waals surface area contributed by atoms with Gasteiger partial charge >= 0.3 is 5.97 Å². The van der Waals surface area contributed by atoms with Crippen molar-refractivity contribution in [1.29, 1.82) is 0 Å². The van der Waals surface area contributed by atoms with Gasteiger partial charge in [-0.2, -0.15) is 0 Å². The third-order valence-corrected chi connectivity index (χ3v) is 6.74. The molecule has 2 atom stereocenters. The van der Waals surface area contributed by atoms with Crippen LogP contribution in [-0.4, -0.2) is 33.2 Å². The molecule has 3 rings (SSSR count). The summed E-state index contributed by atoms with van der Waals surface area (Å²) < 4.78 is 11.0. The number of carbonyl (C=O) groups is 3. The first-order valence-corrected chi connectivity index (χ1v) is 11.9. The number of benzene rings is 1. The predicted octanol–water partition coefficient (Wildman–Crippen LogP) is 4.89. The molecule has 1 fully saturated rings. The number of nitrogens with zero attached hydrogens (tertiary/aromatic N) is 1. The van der Waals surface area contributed by atoms with Crippen LogP contribution in [-0.2, 0) is 32.0 Å². The van der Waals surface area contributed by atoms with Crippen molar-refractivity contribution in [1.82, 2.24) is 4.98 Å². The number of Topliss-reactive ketones (excluding diaryl/α,β-unsaturated/α-hetero) is 1. The number of ketones is 1.